The molecule has 0 aromatic heterocycles. The van der Waals surface area contributed by atoms with E-state index in [2.05, 4.69) is 6.92 Å². The first kappa shape index (κ1) is 31.3. The van der Waals surface area contributed by atoms with Crippen molar-refractivity contribution < 1.29 is 28.8 Å². The number of esters is 1. The largest absolute Gasteiger partial charge is 0.465 e. The first-order valence-corrected chi connectivity index (χ1v) is 15.8. The molecule has 0 radical (unpaired) electrons. The number of hydrogen-bond acceptors (Lipinski definition) is 6. The molecule has 6 unspecified atom stereocenters. The second-order valence-corrected chi connectivity index (χ2v) is 12.9. The van der Waals surface area contributed by atoms with Crippen molar-refractivity contribution in [2.24, 2.45) is 23.7 Å². The predicted octanol–water partition coefficient (Wildman–Crippen LogP) is 6.89. The molecule has 1 aromatic carbocycles. The average Bonchev–Trinajstić information content (AvgIpc) is 3.65. The lowest BCUT2D eigenvalue weighted by molar-refractivity contribution is -0.201. The zero-order valence-corrected chi connectivity index (χ0v) is 25.2. The second-order valence-electron chi connectivity index (χ2n) is 12.1. The van der Waals surface area contributed by atoms with Crippen LogP contribution in [-0.4, -0.2) is 40.3 Å². The smallest absolute Gasteiger partial charge is 0.353 e. The Bertz CT molecular complexity index is 1070. The highest BCUT2D eigenvalue weighted by atomic mass is 35.5. The van der Waals surface area contributed by atoms with Crippen LogP contribution in [0, 0.1) is 23.7 Å². The van der Waals surface area contributed by atoms with Crippen LogP contribution >= 0.6 is 11.6 Å². The number of hydroxylamine groups is 2. The normalized spacial score (nSPS) is 24.8. The molecule has 0 N–H and O–H groups in total. The maximum atomic E-state index is 13.2. The minimum absolute atomic E-state index is 0.000294. The van der Waals surface area contributed by atoms with E-state index in [1.54, 1.807) is 12.1 Å². The van der Waals surface area contributed by atoms with Crippen LogP contribution in [-0.2, 0) is 28.8 Å². The number of ether oxygens (including phenoxy) is 1. The van der Waals surface area contributed by atoms with E-state index in [1.807, 2.05) is 30.4 Å². The van der Waals surface area contributed by atoms with Crippen molar-refractivity contribution in [3.8, 4) is 0 Å². The molecule has 2 amide bonds. The fourth-order valence-electron chi connectivity index (χ4n) is 6.50. The van der Waals surface area contributed by atoms with Crippen molar-refractivity contribution in [2.75, 3.05) is 6.61 Å². The van der Waals surface area contributed by atoms with Gasteiger partial charge < -0.3 is 9.57 Å². The molecule has 3 aliphatic rings. The fraction of sp³-hybridized carbons (Fsp3) is 0.636. The van der Waals surface area contributed by atoms with E-state index in [0.29, 0.717) is 17.2 Å². The van der Waals surface area contributed by atoms with Gasteiger partial charge in [0.25, 0.3) is 11.8 Å². The van der Waals surface area contributed by atoms with Gasteiger partial charge in [0.15, 0.2) is 0 Å². The number of imide groups is 1. The average molecular weight is 586 g/mol. The Morgan fingerprint density at radius 2 is 1.44 bits per heavy atom. The number of alkyl halides is 1. The van der Waals surface area contributed by atoms with Gasteiger partial charge in [-0.15, -0.1) is 16.7 Å². The lowest BCUT2D eigenvalue weighted by atomic mass is 9.85. The summed E-state index contributed by atoms with van der Waals surface area (Å²) in [4.78, 5) is 56.0. The molecule has 4 rings (SSSR count). The highest BCUT2D eigenvalue weighted by Gasteiger charge is 2.61. The van der Waals surface area contributed by atoms with Gasteiger partial charge in [-0.1, -0.05) is 107 Å². The van der Waals surface area contributed by atoms with E-state index in [1.165, 1.54) is 51.9 Å². The molecular weight excluding hydrogens is 542 g/mol. The Morgan fingerprint density at radius 3 is 2.00 bits per heavy atom. The SMILES string of the molecule is CCCCCCCCCCCCOC(=O)C(CC(C)(Cl)C(=O)ON1C(=O)C2C3C=CC(C3)C2C1=O)c1ccccc1. The van der Waals surface area contributed by atoms with Crippen molar-refractivity contribution >= 4 is 35.4 Å². The quantitative estimate of drug-likeness (QED) is 0.0650. The number of unbranched alkanes of at least 4 members (excludes halogenated alkanes) is 9. The van der Waals surface area contributed by atoms with Gasteiger partial charge in [0.2, 0.25) is 0 Å². The number of hydrogen-bond donors (Lipinski definition) is 0. The zero-order chi connectivity index (χ0) is 29.4. The third-order valence-electron chi connectivity index (χ3n) is 8.85. The molecular formula is C33H44ClNO6. The molecule has 1 saturated carbocycles. The Morgan fingerprint density at radius 1 is 0.902 bits per heavy atom. The molecule has 6 atom stereocenters. The standard InChI is InChI=1S/C33H44ClNO6/c1-3-4-5-6-7-8-9-10-11-15-20-40-31(38)26(23-16-13-12-14-17-23)22-33(2,34)32(39)41-35-29(36)27-24-18-19-25(21-24)28(27)30(35)37/h12-14,16-19,24-28H,3-11,15,20-22H2,1-2H3. The molecule has 7 nitrogen and oxygen atoms in total. The Kier molecular flexibility index (Phi) is 11.0. The highest BCUT2D eigenvalue weighted by molar-refractivity contribution is 6.34. The lowest BCUT2D eigenvalue weighted by Gasteiger charge is -2.27. The van der Waals surface area contributed by atoms with Crippen LogP contribution in [0.15, 0.2) is 42.5 Å². The van der Waals surface area contributed by atoms with Crippen LogP contribution in [0.4, 0.5) is 0 Å². The maximum Gasteiger partial charge on any atom is 0.353 e. The molecule has 1 aliphatic heterocycles. The van der Waals surface area contributed by atoms with Gasteiger partial charge in [0.1, 0.15) is 4.87 Å². The minimum Gasteiger partial charge on any atom is -0.465 e. The molecule has 224 valence electrons. The van der Waals surface area contributed by atoms with E-state index in [0.717, 1.165) is 25.7 Å². The summed E-state index contributed by atoms with van der Waals surface area (Å²) in [7, 11) is 0. The molecule has 1 aromatic rings. The molecule has 1 heterocycles. The Hall–Kier alpha value is -2.67. The number of carbonyl (C=O) groups is 4. The van der Waals surface area contributed by atoms with Gasteiger partial charge in [-0.05, 0) is 43.6 Å². The van der Waals surface area contributed by atoms with Crippen molar-refractivity contribution in [3.63, 3.8) is 0 Å². The number of carbonyl (C=O) groups excluding carboxylic acids is 4. The van der Waals surface area contributed by atoms with E-state index < -0.39 is 46.4 Å². The van der Waals surface area contributed by atoms with Gasteiger partial charge >= 0.3 is 11.9 Å². The molecule has 0 spiro atoms. The fourth-order valence-corrected chi connectivity index (χ4v) is 6.68. The second kappa shape index (κ2) is 14.5. The van der Waals surface area contributed by atoms with Gasteiger partial charge in [-0.25, -0.2) is 4.79 Å². The van der Waals surface area contributed by atoms with Crippen LogP contribution in [0.3, 0.4) is 0 Å². The first-order chi connectivity index (χ1) is 19.7. The molecule has 41 heavy (non-hydrogen) atoms. The first-order valence-electron chi connectivity index (χ1n) is 15.4. The molecule has 8 heteroatoms. The van der Waals surface area contributed by atoms with E-state index >= 15 is 0 Å². The van der Waals surface area contributed by atoms with Gasteiger partial charge in [-0.3, -0.25) is 14.4 Å². The highest BCUT2D eigenvalue weighted by Crippen LogP contribution is 2.52. The number of fused-ring (bicyclic) bond motifs is 5. The number of benzene rings is 1. The van der Waals surface area contributed by atoms with Gasteiger partial charge in [0, 0.05) is 0 Å². The lowest BCUT2D eigenvalue weighted by Crippen LogP contribution is -2.42. The van der Waals surface area contributed by atoms with Crippen molar-refractivity contribution in [1.29, 1.82) is 0 Å². The molecule has 1 saturated heterocycles. The van der Waals surface area contributed by atoms with Crippen molar-refractivity contribution in [2.45, 2.75) is 102 Å². The molecule has 2 fully saturated rings. The summed E-state index contributed by atoms with van der Waals surface area (Å²) in [5, 5.41) is 0.603. The van der Waals surface area contributed by atoms with Crippen LogP contribution in [0.2, 0.25) is 0 Å². The van der Waals surface area contributed by atoms with Crippen LogP contribution < -0.4 is 0 Å². The Labute approximate surface area is 248 Å². The van der Waals surface area contributed by atoms with Crippen LogP contribution in [0.5, 0.6) is 0 Å². The summed E-state index contributed by atoms with van der Waals surface area (Å²) < 4.78 is 5.63. The van der Waals surface area contributed by atoms with Crippen LogP contribution in [0.1, 0.15) is 102 Å². The topological polar surface area (TPSA) is 90.0 Å². The monoisotopic (exact) mass is 585 g/mol. The summed E-state index contributed by atoms with van der Waals surface area (Å²) in [6, 6.07) is 9.05. The third kappa shape index (κ3) is 7.59. The summed E-state index contributed by atoms with van der Waals surface area (Å²) in [6.45, 7) is 3.97. The van der Waals surface area contributed by atoms with E-state index in [-0.39, 0.29) is 18.3 Å². The summed E-state index contributed by atoms with van der Waals surface area (Å²) in [5.41, 5.74) is 0.672. The number of amides is 2. The van der Waals surface area contributed by atoms with Crippen LogP contribution in [0.25, 0.3) is 0 Å². The zero-order valence-electron chi connectivity index (χ0n) is 24.4. The predicted molar refractivity (Wildman–Crippen MR) is 157 cm³/mol. The number of nitrogens with zero attached hydrogens (tertiary/aromatic N) is 1. The summed E-state index contributed by atoms with van der Waals surface area (Å²) >= 11 is 6.67. The van der Waals surface area contributed by atoms with E-state index in [4.69, 9.17) is 21.2 Å². The Balaban J connectivity index is 1.27. The van der Waals surface area contributed by atoms with Crippen molar-refractivity contribution in [1.82, 2.24) is 5.06 Å². The number of allylic oxidation sites excluding steroid dienone is 2. The van der Waals surface area contributed by atoms with Gasteiger partial charge in [0.05, 0.1) is 24.4 Å². The maximum absolute atomic E-state index is 13.2. The molecule has 2 aliphatic carbocycles. The number of halogens is 1. The molecule has 2 bridgehead atoms. The minimum atomic E-state index is -1.67. The summed E-state index contributed by atoms with van der Waals surface area (Å²) in [5.74, 6) is -4.16. The van der Waals surface area contributed by atoms with Gasteiger partial charge in [-0.2, -0.15) is 0 Å². The third-order valence-corrected chi connectivity index (χ3v) is 9.15. The number of rotatable bonds is 17. The van der Waals surface area contributed by atoms with Crippen molar-refractivity contribution in [3.05, 3.63) is 48.0 Å². The van der Waals surface area contributed by atoms with E-state index in [9.17, 15) is 19.2 Å². The summed E-state index contributed by atoms with van der Waals surface area (Å²) in [6.07, 6.45) is 16.4.